The topological polar surface area (TPSA) is 109 Å². The molecule has 2 N–H and O–H groups in total. The Morgan fingerprint density at radius 3 is 2.14 bits per heavy atom. The maximum atomic E-state index is 12.5. The Hall–Kier alpha value is -2.67. The molecule has 6 nitrogen and oxygen atoms in total. The van der Waals surface area contributed by atoms with Gasteiger partial charge in [0, 0.05) is 0 Å². The number of aromatic carboxylic acids is 2. The van der Waals surface area contributed by atoms with E-state index in [0.717, 1.165) is 6.07 Å². The molecule has 0 aliphatic heterocycles. The van der Waals surface area contributed by atoms with Gasteiger partial charge in [-0.3, -0.25) is 0 Å². The molecule has 0 saturated heterocycles. The fourth-order valence-electron chi connectivity index (χ4n) is 1.80. The van der Waals surface area contributed by atoms with Crippen LogP contribution in [0.5, 0.6) is 0 Å². The molecule has 0 fully saturated rings. The molecule has 2 rings (SSSR count). The van der Waals surface area contributed by atoms with E-state index in [4.69, 9.17) is 10.2 Å². The number of hydrogen-bond acceptors (Lipinski definition) is 4. The zero-order valence-electron chi connectivity index (χ0n) is 10.6. The predicted octanol–water partition coefficient (Wildman–Crippen LogP) is 1.92. The van der Waals surface area contributed by atoms with Gasteiger partial charge in [0.1, 0.15) is 0 Å². The first-order valence-electron chi connectivity index (χ1n) is 5.75. The fourth-order valence-corrected chi connectivity index (χ4v) is 3.30. The molecule has 0 saturated carbocycles. The number of hydrogen-bond donors (Lipinski definition) is 2. The van der Waals surface area contributed by atoms with Gasteiger partial charge in [-0.2, -0.15) is 0 Å². The highest BCUT2D eigenvalue weighted by Crippen LogP contribution is 2.24. The number of benzene rings is 2. The van der Waals surface area contributed by atoms with Gasteiger partial charge < -0.3 is 10.2 Å². The minimum atomic E-state index is -4.11. The second-order valence-electron chi connectivity index (χ2n) is 4.14. The summed E-state index contributed by atoms with van der Waals surface area (Å²) in [5, 5.41) is 18.0. The number of carbonyl (C=O) groups is 2. The van der Waals surface area contributed by atoms with E-state index >= 15 is 0 Å². The predicted molar refractivity (Wildman–Crippen MR) is 72.3 cm³/mol. The van der Waals surface area contributed by atoms with Crippen LogP contribution < -0.4 is 0 Å². The second-order valence-corrected chi connectivity index (χ2v) is 6.06. The zero-order valence-corrected chi connectivity index (χ0v) is 11.4. The van der Waals surface area contributed by atoms with Crippen molar-refractivity contribution in [1.82, 2.24) is 0 Å². The lowest BCUT2D eigenvalue weighted by Gasteiger charge is -2.08. The first-order chi connectivity index (χ1) is 9.84. The third-order valence-corrected chi connectivity index (χ3v) is 4.61. The van der Waals surface area contributed by atoms with Gasteiger partial charge in [-0.05, 0) is 30.3 Å². The summed E-state index contributed by atoms with van der Waals surface area (Å²) in [5.74, 6) is -2.64. The maximum Gasteiger partial charge on any atom is 0.337 e. The molecule has 0 heterocycles. The van der Waals surface area contributed by atoms with E-state index in [2.05, 4.69) is 0 Å². The first kappa shape index (κ1) is 14.7. The summed E-state index contributed by atoms with van der Waals surface area (Å²) in [6.45, 7) is 0. The molecule has 0 aromatic heterocycles. The average molecular weight is 306 g/mol. The Bertz CT molecular complexity index is 823. The van der Waals surface area contributed by atoms with Crippen LogP contribution >= 0.6 is 0 Å². The van der Waals surface area contributed by atoms with Crippen LogP contribution in [0.4, 0.5) is 0 Å². The van der Waals surface area contributed by atoms with E-state index in [0.29, 0.717) is 0 Å². The Labute approximate surface area is 120 Å². The van der Waals surface area contributed by atoms with Crippen molar-refractivity contribution in [3.63, 3.8) is 0 Å². The molecule has 0 unspecified atom stereocenters. The molecule has 0 aliphatic rings. The molecule has 0 amide bonds. The van der Waals surface area contributed by atoms with Crippen molar-refractivity contribution in [2.75, 3.05) is 0 Å². The Balaban J connectivity index is 2.66. The lowest BCUT2D eigenvalue weighted by molar-refractivity contribution is 0.0683. The summed E-state index contributed by atoms with van der Waals surface area (Å²) < 4.78 is 25.0. The van der Waals surface area contributed by atoms with Crippen molar-refractivity contribution < 1.29 is 28.2 Å². The Morgan fingerprint density at radius 2 is 1.52 bits per heavy atom. The van der Waals surface area contributed by atoms with E-state index in [-0.39, 0.29) is 20.9 Å². The standard InChI is InChI=1S/C14H10O6S/c15-13(16)9-4-3-5-10(8-9)21(19,20)12-7-2-1-6-11(12)14(17)18/h1-8H,(H,15,16)(H,17,18). The monoisotopic (exact) mass is 306 g/mol. The van der Waals surface area contributed by atoms with Crippen LogP contribution in [0.2, 0.25) is 0 Å². The molecular weight excluding hydrogens is 296 g/mol. The fraction of sp³-hybridized carbons (Fsp3) is 0. The molecule has 2 aromatic carbocycles. The van der Waals surface area contributed by atoms with Crippen LogP contribution in [0.15, 0.2) is 58.3 Å². The third kappa shape index (κ3) is 2.77. The quantitative estimate of drug-likeness (QED) is 0.893. The summed E-state index contributed by atoms with van der Waals surface area (Å²) in [6.07, 6.45) is 0. The molecule has 0 radical (unpaired) electrons. The second kappa shape index (κ2) is 5.37. The highest BCUT2D eigenvalue weighted by atomic mass is 32.2. The van der Waals surface area contributed by atoms with Crippen molar-refractivity contribution in [2.45, 2.75) is 9.79 Å². The highest BCUT2D eigenvalue weighted by molar-refractivity contribution is 7.91. The van der Waals surface area contributed by atoms with Crippen LogP contribution in [0.25, 0.3) is 0 Å². The summed E-state index contributed by atoms with van der Waals surface area (Å²) in [7, 11) is -4.11. The van der Waals surface area contributed by atoms with Crippen LogP contribution in [-0.4, -0.2) is 30.6 Å². The van der Waals surface area contributed by atoms with Gasteiger partial charge in [0.25, 0.3) is 0 Å². The molecule has 0 bridgehead atoms. The molecule has 21 heavy (non-hydrogen) atoms. The summed E-state index contributed by atoms with van der Waals surface area (Å²) >= 11 is 0. The molecule has 0 aliphatic carbocycles. The van der Waals surface area contributed by atoms with Crippen molar-refractivity contribution in [1.29, 1.82) is 0 Å². The number of sulfone groups is 1. The zero-order chi connectivity index (χ0) is 15.6. The van der Waals surface area contributed by atoms with Gasteiger partial charge in [-0.15, -0.1) is 0 Å². The minimum Gasteiger partial charge on any atom is -0.478 e. The smallest absolute Gasteiger partial charge is 0.337 e. The van der Waals surface area contributed by atoms with E-state index in [9.17, 15) is 18.0 Å². The van der Waals surface area contributed by atoms with Crippen molar-refractivity contribution in [3.05, 3.63) is 59.7 Å². The van der Waals surface area contributed by atoms with E-state index in [1.807, 2.05) is 0 Å². The molecule has 0 atom stereocenters. The summed E-state index contributed by atoms with van der Waals surface area (Å²) in [4.78, 5) is 21.4. The molecular formula is C14H10O6S. The SMILES string of the molecule is O=C(O)c1cccc(S(=O)(=O)c2ccccc2C(=O)O)c1. The van der Waals surface area contributed by atoms with E-state index in [1.165, 1.54) is 42.5 Å². The molecule has 0 spiro atoms. The molecule has 7 heteroatoms. The van der Waals surface area contributed by atoms with Crippen LogP contribution in [0, 0.1) is 0 Å². The van der Waals surface area contributed by atoms with Gasteiger partial charge >= 0.3 is 11.9 Å². The molecule has 2 aromatic rings. The van der Waals surface area contributed by atoms with E-state index in [1.54, 1.807) is 0 Å². The van der Waals surface area contributed by atoms with Crippen LogP contribution in [0.1, 0.15) is 20.7 Å². The number of carboxylic acids is 2. The van der Waals surface area contributed by atoms with Gasteiger partial charge in [0.2, 0.25) is 9.84 Å². The van der Waals surface area contributed by atoms with Gasteiger partial charge in [-0.25, -0.2) is 18.0 Å². The number of carboxylic acid groups (broad SMARTS) is 2. The minimum absolute atomic E-state index is 0.191. The lowest BCUT2D eigenvalue weighted by atomic mass is 10.2. The largest absolute Gasteiger partial charge is 0.478 e. The maximum absolute atomic E-state index is 12.5. The Kier molecular flexibility index (Phi) is 3.77. The van der Waals surface area contributed by atoms with Gasteiger partial charge in [0.15, 0.2) is 0 Å². The molecule has 108 valence electrons. The van der Waals surface area contributed by atoms with Gasteiger partial charge in [0.05, 0.1) is 20.9 Å². The van der Waals surface area contributed by atoms with Crippen molar-refractivity contribution >= 4 is 21.8 Å². The normalized spacial score (nSPS) is 11.0. The van der Waals surface area contributed by atoms with Crippen molar-refractivity contribution in [3.8, 4) is 0 Å². The lowest BCUT2D eigenvalue weighted by Crippen LogP contribution is -2.10. The third-order valence-electron chi connectivity index (χ3n) is 2.80. The van der Waals surface area contributed by atoms with Crippen molar-refractivity contribution in [2.24, 2.45) is 0 Å². The van der Waals surface area contributed by atoms with Crippen LogP contribution in [0.3, 0.4) is 0 Å². The first-order valence-corrected chi connectivity index (χ1v) is 7.23. The summed E-state index contributed by atoms with van der Waals surface area (Å²) in [5.41, 5.74) is -0.554. The number of rotatable bonds is 4. The highest BCUT2D eigenvalue weighted by Gasteiger charge is 2.24. The van der Waals surface area contributed by atoms with Crippen LogP contribution in [-0.2, 0) is 9.84 Å². The van der Waals surface area contributed by atoms with Gasteiger partial charge in [-0.1, -0.05) is 18.2 Å². The van der Waals surface area contributed by atoms with E-state index < -0.39 is 21.8 Å². The Morgan fingerprint density at radius 1 is 0.857 bits per heavy atom. The summed E-state index contributed by atoms with van der Waals surface area (Å²) in [6, 6.07) is 9.93. The average Bonchev–Trinajstić information content (AvgIpc) is 2.47.